The summed E-state index contributed by atoms with van der Waals surface area (Å²) >= 11 is 0. The molecule has 0 bridgehead atoms. The SMILES string of the molecule is COC(=O)C1(CC(=O)OCc2ccccc2)CCCC1. The summed E-state index contributed by atoms with van der Waals surface area (Å²) in [6, 6.07) is 9.51. The maximum atomic E-state index is 12.0. The Hall–Kier alpha value is -1.84. The first-order valence-electron chi connectivity index (χ1n) is 6.94. The molecule has 20 heavy (non-hydrogen) atoms. The largest absolute Gasteiger partial charge is 0.469 e. The highest BCUT2D eigenvalue weighted by molar-refractivity contribution is 5.83. The molecule has 1 aliphatic rings. The van der Waals surface area contributed by atoms with E-state index in [0.29, 0.717) is 12.8 Å². The molecule has 2 rings (SSSR count). The zero-order chi connectivity index (χ0) is 14.4. The molecule has 0 unspecified atom stereocenters. The average Bonchev–Trinajstić information content (AvgIpc) is 2.95. The van der Waals surface area contributed by atoms with Crippen LogP contribution in [0.2, 0.25) is 0 Å². The minimum absolute atomic E-state index is 0.118. The summed E-state index contributed by atoms with van der Waals surface area (Å²) < 4.78 is 10.1. The van der Waals surface area contributed by atoms with Gasteiger partial charge in [-0.15, -0.1) is 0 Å². The molecule has 4 nitrogen and oxygen atoms in total. The molecule has 0 amide bonds. The second-order valence-electron chi connectivity index (χ2n) is 5.30. The van der Waals surface area contributed by atoms with Crippen molar-refractivity contribution in [2.75, 3.05) is 7.11 Å². The van der Waals surface area contributed by atoms with Gasteiger partial charge >= 0.3 is 11.9 Å². The van der Waals surface area contributed by atoms with Crippen molar-refractivity contribution in [2.24, 2.45) is 5.41 Å². The number of benzene rings is 1. The molecule has 0 aliphatic heterocycles. The van der Waals surface area contributed by atoms with Gasteiger partial charge in [-0.25, -0.2) is 0 Å². The second kappa shape index (κ2) is 6.55. The van der Waals surface area contributed by atoms with E-state index in [1.165, 1.54) is 7.11 Å². The van der Waals surface area contributed by atoms with Gasteiger partial charge in [0.05, 0.1) is 18.9 Å². The van der Waals surface area contributed by atoms with E-state index in [1.54, 1.807) is 0 Å². The molecule has 4 heteroatoms. The first-order valence-corrected chi connectivity index (χ1v) is 6.94. The number of hydrogen-bond donors (Lipinski definition) is 0. The van der Waals surface area contributed by atoms with Gasteiger partial charge in [0.2, 0.25) is 0 Å². The van der Waals surface area contributed by atoms with Gasteiger partial charge in [0.1, 0.15) is 6.61 Å². The van der Waals surface area contributed by atoms with Gasteiger partial charge in [-0.05, 0) is 18.4 Å². The highest BCUT2D eigenvalue weighted by atomic mass is 16.5. The van der Waals surface area contributed by atoms with E-state index in [-0.39, 0.29) is 25.0 Å². The number of ether oxygens (including phenoxy) is 2. The van der Waals surface area contributed by atoms with Crippen LogP contribution in [0.25, 0.3) is 0 Å². The molecule has 1 aliphatic carbocycles. The predicted molar refractivity (Wildman–Crippen MR) is 73.8 cm³/mol. The normalized spacial score (nSPS) is 16.6. The second-order valence-corrected chi connectivity index (χ2v) is 5.30. The van der Waals surface area contributed by atoms with Gasteiger partial charge in [0.15, 0.2) is 0 Å². The van der Waals surface area contributed by atoms with Gasteiger partial charge in [-0.1, -0.05) is 43.2 Å². The molecule has 0 radical (unpaired) electrons. The Balaban J connectivity index is 1.91. The molecular weight excluding hydrogens is 256 g/mol. The van der Waals surface area contributed by atoms with Gasteiger partial charge in [0.25, 0.3) is 0 Å². The van der Waals surface area contributed by atoms with Crippen molar-refractivity contribution >= 4 is 11.9 Å². The third-order valence-electron chi connectivity index (χ3n) is 3.90. The zero-order valence-corrected chi connectivity index (χ0v) is 11.8. The standard InChI is InChI=1S/C16H20O4/c1-19-15(18)16(9-5-6-10-16)11-14(17)20-12-13-7-3-2-4-8-13/h2-4,7-8H,5-6,9-12H2,1H3. The number of hydrogen-bond acceptors (Lipinski definition) is 4. The van der Waals surface area contributed by atoms with Crippen LogP contribution in [0.5, 0.6) is 0 Å². The first kappa shape index (κ1) is 14.6. The number of carbonyl (C=O) groups is 2. The van der Waals surface area contributed by atoms with Crippen molar-refractivity contribution in [2.45, 2.75) is 38.7 Å². The van der Waals surface area contributed by atoms with Gasteiger partial charge in [-0.2, -0.15) is 0 Å². The van der Waals surface area contributed by atoms with Crippen LogP contribution in [-0.4, -0.2) is 19.0 Å². The van der Waals surface area contributed by atoms with Gasteiger partial charge < -0.3 is 9.47 Å². The topological polar surface area (TPSA) is 52.6 Å². The van der Waals surface area contributed by atoms with Crippen molar-refractivity contribution in [1.29, 1.82) is 0 Å². The lowest BCUT2D eigenvalue weighted by Crippen LogP contribution is -2.32. The Morgan fingerprint density at radius 1 is 1.15 bits per heavy atom. The van der Waals surface area contributed by atoms with Crippen LogP contribution in [-0.2, 0) is 25.7 Å². The molecule has 0 atom stereocenters. The fourth-order valence-electron chi connectivity index (χ4n) is 2.79. The molecule has 0 heterocycles. The maximum absolute atomic E-state index is 12.0. The molecule has 1 fully saturated rings. The van der Waals surface area contributed by atoms with E-state index in [2.05, 4.69) is 0 Å². The van der Waals surface area contributed by atoms with Crippen LogP contribution in [0, 0.1) is 5.41 Å². The quantitative estimate of drug-likeness (QED) is 0.776. The van der Waals surface area contributed by atoms with Crippen LogP contribution >= 0.6 is 0 Å². The van der Waals surface area contributed by atoms with Crippen molar-refractivity contribution in [1.82, 2.24) is 0 Å². The summed E-state index contributed by atoms with van der Waals surface area (Å²) in [4.78, 5) is 23.9. The summed E-state index contributed by atoms with van der Waals surface area (Å²) in [7, 11) is 1.37. The molecule has 0 N–H and O–H groups in total. The zero-order valence-electron chi connectivity index (χ0n) is 11.8. The highest BCUT2D eigenvalue weighted by Gasteiger charge is 2.44. The minimum atomic E-state index is -0.664. The van der Waals surface area contributed by atoms with Crippen LogP contribution < -0.4 is 0 Å². The number of rotatable bonds is 5. The smallest absolute Gasteiger partial charge is 0.312 e. The van der Waals surface area contributed by atoms with Crippen molar-refractivity contribution < 1.29 is 19.1 Å². The summed E-state index contributed by atoms with van der Waals surface area (Å²) in [5.41, 5.74) is 0.280. The van der Waals surface area contributed by atoms with Gasteiger partial charge in [-0.3, -0.25) is 9.59 Å². The van der Waals surface area contributed by atoms with Crippen LogP contribution in [0.4, 0.5) is 0 Å². The van der Waals surface area contributed by atoms with E-state index < -0.39 is 5.41 Å². The molecule has 0 aromatic heterocycles. The Morgan fingerprint density at radius 3 is 2.40 bits per heavy atom. The number of carbonyl (C=O) groups excluding carboxylic acids is 2. The summed E-state index contributed by atoms with van der Waals surface area (Å²) in [6.07, 6.45) is 3.45. The lowest BCUT2D eigenvalue weighted by molar-refractivity contribution is -0.161. The average molecular weight is 276 g/mol. The molecule has 1 aromatic rings. The lowest BCUT2D eigenvalue weighted by atomic mass is 9.83. The van der Waals surface area contributed by atoms with Crippen molar-refractivity contribution in [3.63, 3.8) is 0 Å². The first-order chi connectivity index (χ1) is 9.66. The Bertz CT molecular complexity index is 461. The number of methoxy groups -OCH3 is 1. The van der Waals surface area contributed by atoms with Crippen molar-refractivity contribution in [3.05, 3.63) is 35.9 Å². The lowest BCUT2D eigenvalue weighted by Gasteiger charge is -2.24. The minimum Gasteiger partial charge on any atom is -0.469 e. The van der Waals surface area contributed by atoms with E-state index in [4.69, 9.17) is 9.47 Å². The van der Waals surface area contributed by atoms with Crippen LogP contribution in [0.1, 0.15) is 37.7 Å². The summed E-state index contributed by atoms with van der Waals surface area (Å²) in [5, 5.41) is 0. The van der Waals surface area contributed by atoms with Crippen molar-refractivity contribution in [3.8, 4) is 0 Å². The van der Waals surface area contributed by atoms with E-state index in [1.807, 2.05) is 30.3 Å². The summed E-state index contributed by atoms with van der Waals surface area (Å²) in [6.45, 7) is 0.247. The highest BCUT2D eigenvalue weighted by Crippen LogP contribution is 2.42. The van der Waals surface area contributed by atoms with E-state index >= 15 is 0 Å². The molecule has 1 saturated carbocycles. The Morgan fingerprint density at radius 2 is 1.80 bits per heavy atom. The molecule has 1 aromatic carbocycles. The fraction of sp³-hybridized carbons (Fsp3) is 0.500. The van der Waals surface area contributed by atoms with E-state index in [0.717, 1.165) is 18.4 Å². The molecule has 108 valence electrons. The monoisotopic (exact) mass is 276 g/mol. The Kier molecular flexibility index (Phi) is 4.77. The number of esters is 2. The maximum Gasteiger partial charge on any atom is 0.312 e. The molecular formula is C16H20O4. The van der Waals surface area contributed by atoms with Gasteiger partial charge in [0, 0.05) is 0 Å². The van der Waals surface area contributed by atoms with Crippen LogP contribution in [0.3, 0.4) is 0 Å². The molecule has 0 spiro atoms. The third kappa shape index (κ3) is 3.38. The predicted octanol–water partition coefficient (Wildman–Crippen LogP) is 2.85. The summed E-state index contributed by atoms with van der Waals surface area (Å²) in [5.74, 6) is -0.618. The van der Waals surface area contributed by atoms with Crippen LogP contribution in [0.15, 0.2) is 30.3 Å². The Labute approximate surface area is 119 Å². The van der Waals surface area contributed by atoms with E-state index in [9.17, 15) is 9.59 Å². The fourth-order valence-corrected chi connectivity index (χ4v) is 2.79. The molecule has 0 saturated heterocycles. The third-order valence-corrected chi connectivity index (χ3v) is 3.90.